The molecule has 4 nitrogen and oxygen atoms in total. The van der Waals surface area contributed by atoms with E-state index in [-0.39, 0.29) is 11.7 Å². The van der Waals surface area contributed by atoms with Gasteiger partial charge in [-0.1, -0.05) is 6.07 Å². The molecule has 1 aromatic carbocycles. The molecule has 5 heteroatoms. The normalized spacial score (nSPS) is 10.9. The Morgan fingerprint density at radius 1 is 1.32 bits per heavy atom. The van der Waals surface area contributed by atoms with Gasteiger partial charge in [-0.25, -0.2) is 9.37 Å². The van der Waals surface area contributed by atoms with E-state index < -0.39 is 0 Å². The monoisotopic (exact) mass is 261 g/mol. The lowest BCUT2D eigenvalue weighted by molar-refractivity contribution is 0.0946. The molecular weight excluding hydrogens is 245 g/mol. The van der Waals surface area contributed by atoms with Gasteiger partial charge in [-0.3, -0.25) is 4.79 Å². The van der Waals surface area contributed by atoms with E-state index in [0.29, 0.717) is 23.1 Å². The summed E-state index contributed by atoms with van der Waals surface area (Å²) in [6, 6.07) is 7.61. The van der Waals surface area contributed by atoms with Crippen molar-refractivity contribution in [3.63, 3.8) is 0 Å². The summed E-state index contributed by atoms with van der Waals surface area (Å²) >= 11 is 0. The summed E-state index contributed by atoms with van der Waals surface area (Å²) in [4.78, 5) is 18.1. The number of hydrogen-bond acceptors (Lipinski definition) is 3. The van der Waals surface area contributed by atoms with E-state index in [2.05, 4.69) is 10.3 Å². The molecule has 0 atom stereocenters. The number of nitrogens with zero attached hydrogens (tertiary/aromatic N) is 2. The summed E-state index contributed by atoms with van der Waals surface area (Å²) in [6.07, 6.45) is 0. The lowest BCUT2D eigenvalue weighted by Gasteiger charge is -2.10. The van der Waals surface area contributed by atoms with Crippen LogP contribution >= 0.6 is 0 Å². The maximum Gasteiger partial charge on any atom is 0.269 e. The molecule has 1 N–H and O–H groups in total. The highest BCUT2D eigenvalue weighted by Gasteiger charge is 2.08. The molecule has 0 aliphatic carbocycles. The predicted octanol–water partition coefficient (Wildman–Crippen LogP) is 1.67. The van der Waals surface area contributed by atoms with Crippen LogP contribution in [-0.2, 0) is 0 Å². The number of halogens is 1. The third kappa shape index (κ3) is 3.48. The molecule has 0 saturated carbocycles. The van der Waals surface area contributed by atoms with Crippen molar-refractivity contribution < 1.29 is 9.18 Å². The van der Waals surface area contributed by atoms with Gasteiger partial charge in [-0.05, 0) is 38.4 Å². The van der Waals surface area contributed by atoms with E-state index in [1.54, 1.807) is 18.2 Å². The lowest BCUT2D eigenvalue weighted by Crippen LogP contribution is -2.31. The molecule has 0 saturated heterocycles. The van der Waals surface area contributed by atoms with Crippen LogP contribution in [0.15, 0.2) is 30.3 Å². The maximum atomic E-state index is 13.0. The SMILES string of the molecule is CN(C)CCNC(=O)c1ccc2cc(F)ccc2n1. The van der Waals surface area contributed by atoms with E-state index in [1.807, 2.05) is 19.0 Å². The van der Waals surface area contributed by atoms with Crippen LogP contribution in [0.3, 0.4) is 0 Å². The number of aromatic nitrogens is 1. The largest absolute Gasteiger partial charge is 0.349 e. The molecule has 2 aromatic rings. The van der Waals surface area contributed by atoms with Crippen LogP contribution in [0.2, 0.25) is 0 Å². The Morgan fingerprint density at radius 2 is 2.11 bits per heavy atom. The van der Waals surface area contributed by atoms with Gasteiger partial charge in [-0.15, -0.1) is 0 Å². The van der Waals surface area contributed by atoms with Crippen molar-refractivity contribution in [2.75, 3.05) is 27.2 Å². The van der Waals surface area contributed by atoms with E-state index >= 15 is 0 Å². The molecule has 1 aromatic heterocycles. The summed E-state index contributed by atoms with van der Waals surface area (Å²) in [5.74, 6) is -0.523. The second kappa shape index (κ2) is 5.75. The number of fused-ring (bicyclic) bond motifs is 1. The minimum Gasteiger partial charge on any atom is -0.349 e. The van der Waals surface area contributed by atoms with Crippen molar-refractivity contribution in [3.05, 3.63) is 41.8 Å². The average Bonchev–Trinajstić information content (AvgIpc) is 2.37. The van der Waals surface area contributed by atoms with E-state index in [4.69, 9.17) is 0 Å². The topological polar surface area (TPSA) is 45.2 Å². The Balaban J connectivity index is 2.12. The van der Waals surface area contributed by atoms with Gasteiger partial charge in [0.2, 0.25) is 0 Å². The first kappa shape index (κ1) is 13.4. The van der Waals surface area contributed by atoms with E-state index in [0.717, 1.165) is 6.54 Å². The average molecular weight is 261 g/mol. The number of likely N-dealkylation sites (N-methyl/N-ethyl adjacent to an activating group) is 1. The zero-order chi connectivity index (χ0) is 13.8. The van der Waals surface area contributed by atoms with Crippen LogP contribution in [0.25, 0.3) is 10.9 Å². The number of nitrogens with one attached hydrogen (secondary N) is 1. The zero-order valence-electron chi connectivity index (χ0n) is 11.0. The molecule has 0 spiro atoms. The molecule has 0 unspecified atom stereocenters. The third-order valence-corrected chi connectivity index (χ3v) is 2.73. The number of rotatable bonds is 4. The number of amides is 1. The molecule has 1 heterocycles. The number of hydrogen-bond donors (Lipinski definition) is 1. The molecule has 1 amide bonds. The van der Waals surface area contributed by atoms with Gasteiger partial charge >= 0.3 is 0 Å². The Bertz CT molecular complexity index is 598. The number of pyridine rings is 1. The van der Waals surface area contributed by atoms with Crippen LogP contribution in [-0.4, -0.2) is 43.0 Å². The van der Waals surface area contributed by atoms with E-state index in [1.165, 1.54) is 12.1 Å². The van der Waals surface area contributed by atoms with Crippen LogP contribution in [0.1, 0.15) is 10.5 Å². The quantitative estimate of drug-likeness (QED) is 0.910. The van der Waals surface area contributed by atoms with Crippen molar-refractivity contribution in [1.82, 2.24) is 15.2 Å². The molecule has 2 rings (SSSR count). The Morgan fingerprint density at radius 3 is 2.84 bits per heavy atom. The standard InChI is InChI=1S/C14H16FN3O/c1-18(2)8-7-16-14(19)13-5-3-10-9-11(15)4-6-12(10)17-13/h3-6,9H,7-8H2,1-2H3,(H,16,19). The summed E-state index contributed by atoms with van der Waals surface area (Å²) in [6.45, 7) is 1.33. The van der Waals surface area contributed by atoms with Gasteiger partial charge < -0.3 is 10.2 Å². The highest BCUT2D eigenvalue weighted by molar-refractivity contribution is 5.94. The van der Waals surface area contributed by atoms with Crippen LogP contribution in [0, 0.1) is 5.82 Å². The zero-order valence-corrected chi connectivity index (χ0v) is 11.0. The van der Waals surface area contributed by atoms with Crippen LogP contribution in [0.4, 0.5) is 4.39 Å². The number of benzene rings is 1. The van der Waals surface area contributed by atoms with Gasteiger partial charge in [0.1, 0.15) is 11.5 Å². The van der Waals surface area contributed by atoms with Crippen molar-refractivity contribution in [1.29, 1.82) is 0 Å². The Labute approximate surface area is 111 Å². The number of carbonyl (C=O) groups excluding carboxylic acids is 1. The Kier molecular flexibility index (Phi) is 4.06. The lowest BCUT2D eigenvalue weighted by atomic mass is 10.2. The van der Waals surface area contributed by atoms with Gasteiger partial charge in [0, 0.05) is 18.5 Å². The molecular formula is C14H16FN3O. The molecule has 0 fully saturated rings. The summed E-state index contributed by atoms with van der Waals surface area (Å²) in [5.41, 5.74) is 0.958. The van der Waals surface area contributed by atoms with E-state index in [9.17, 15) is 9.18 Å². The highest BCUT2D eigenvalue weighted by atomic mass is 19.1. The fraction of sp³-hybridized carbons (Fsp3) is 0.286. The number of carbonyl (C=O) groups is 1. The van der Waals surface area contributed by atoms with Gasteiger partial charge in [0.25, 0.3) is 5.91 Å². The second-order valence-electron chi connectivity index (χ2n) is 4.59. The summed E-state index contributed by atoms with van der Waals surface area (Å²) < 4.78 is 13.0. The maximum absolute atomic E-state index is 13.0. The van der Waals surface area contributed by atoms with Crippen LogP contribution in [0.5, 0.6) is 0 Å². The van der Waals surface area contributed by atoms with Crippen molar-refractivity contribution in [3.8, 4) is 0 Å². The first-order valence-corrected chi connectivity index (χ1v) is 6.05. The van der Waals surface area contributed by atoms with Crippen molar-refractivity contribution >= 4 is 16.8 Å². The summed E-state index contributed by atoms with van der Waals surface area (Å²) in [7, 11) is 3.88. The van der Waals surface area contributed by atoms with Gasteiger partial charge in [0.05, 0.1) is 5.52 Å². The smallest absolute Gasteiger partial charge is 0.269 e. The first-order chi connectivity index (χ1) is 9.06. The highest BCUT2D eigenvalue weighted by Crippen LogP contribution is 2.14. The third-order valence-electron chi connectivity index (χ3n) is 2.73. The Hall–Kier alpha value is -2.01. The van der Waals surface area contributed by atoms with Crippen LogP contribution < -0.4 is 5.32 Å². The minimum absolute atomic E-state index is 0.215. The fourth-order valence-corrected chi connectivity index (χ4v) is 1.71. The second-order valence-corrected chi connectivity index (χ2v) is 4.59. The van der Waals surface area contributed by atoms with Crippen molar-refractivity contribution in [2.24, 2.45) is 0 Å². The van der Waals surface area contributed by atoms with Crippen molar-refractivity contribution in [2.45, 2.75) is 0 Å². The molecule has 100 valence electrons. The summed E-state index contributed by atoms with van der Waals surface area (Å²) in [5, 5.41) is 3.47. The first-order valence-electron chi connectivity index (χ1n) is 6.05. The molecule has 0 radical (unpaired) electrons. The molecule has 0 aliphatic rings. The van der Waals surface area contributed by atoms with Gasteiger partial charge in [-0.2, -0.15) is 0 Å². The van der Waals surface area contributed by atoms with Gasteiger partial charge in [0.15, 0.2) is 0 Å². The molecule has 19 heavy (non-hydrogen) atoms. The minimum atomic E-state index is -0.308. The molecule has 0 bridgehead atoms. The predicted molar refractivity (Wildman–Crippen MR) is 72.6 cm³/mol. The fourth-order valence-electron chi connectivity index (χ4n) is 1.71. The molecule has 0 aliphatic heterocycles.